The van der Waals surface area contributed by atoms with Crippen LogP contribution in [0.5, 0.6) is 0 Å². The number of hydrogen-bond donors (Lipinski definition) is 3. The van der Waals surface area contributed by atoms with E-state index in [1.807, 2.05) is 0 Å². The van der Waals surface area contributed by atoms with Crippen molar-refractivity contribution in [1.29, 1.82) is 0 Å². The predicted octanol–water partition coefficient (Wildman–Crippen LogP) is -0.247. The van der Waals surface area contributed by atoms with E-state index in [0.717, 1.165) is 7.11 Å². The summed E-state index contributed by atoms with van der Waals surface area (Å²) in [5.41, 5.74) is -8.24. The topological polar surface area (TPSA) is 197 Å². The average Bonchev–Trinajstić information content (AvgIpc) is 3.25. The van der Waals surface area contributed by atoms with Gasteiger partial charge in [-0.25, -0.2) is 4.79 Å². The lowest BCUT2D eigenvalue weighted by atomic mass is 9.46. The van der Waals surface area contributed by atoms with Gasteiger partial charge in [0.1, 0.15) is 6.10 Å². The Balaban J connectivity index is 0.00000103. The van der Waals surface area contributed by atoms with Gasteiger partial charge in [0.15, 0.2) is 28.4 Å². The molecule has 0 amide bonds. The minimum atomic E-state index is -2.28. The predicted molar refractivity (Wildman–Crippen MR) is 141 cm³/mol. The first-order valence-corrected chi connectivity index (χ1v) is 14.6. The number of rotatable bonds is 0. The van der Waals surface area contributed by atoms with Crippen molar-refractivity contribution in [2.24, 2.45) is 34.5 Å². The largest absolute Gasteiger partial charge is 0.458 e. The van der Waals surface area contributed by atoms with Crippen LogP contribution in [0, 0.1) is 34.5 Å². The minimum Gasteiger partial charge on any atom is -0.458 e. The Morgan fingerprint density at radius 1 is 1.07 bits per heavy atom. The maximum atomic E-state index is 14.9. The molecule has 2 spiro atoms. The van der Waals surface area contributed by atoms with Crippen molar-refractivity contribution >= 4 is 35.1 Å². The molecule has 0 aromatic heterocycles. The normalized spacial score (nSPS) is 57.7. The zero-order chi connectivity index (χ0) is 29.8. The first kappa shape index (κ1) is 30.1. The van der Waals surface area contributed by atoms with Crippen molar-refractivity contribution in [1.82, 2.24) is 0 Å². The molecule has 5 bridgehead atoms. The van der Waals surface area contributed by atoms with Crippen LogP contribution >= 0.6 is 11.6 Å². The molecule has 0 unspecified atom stereocenters. The van der Waals surface area contributed by atoms with Crippen LogP contribution in [0.3, 0.4) is 0 Å². The molecule has 2 saturated carbocycles. The van der Waals surface area contributed by atoms with Gasteiger partial charge in [-0.3, -0.25) is 14.4 Å². The molecule has 5 N–H and O–H groups in total. The first-order chi connectivity index (χ1) is 19.2. The van der Waals surface area contributed by atoms with Crippen molar-refractivity contribution in [3.63, 3.8) is 0 Å². The van der Waals surface area contributed by atoms with Crippen LogP contribution in [0.4, 0.5) is 0 Å². The Labute approximate surface area is 246 Å². The summed E-state index contributed by atoms with van der Waals surface area (Å²) >= 11 is 7.12. The molecule has 7 fully saturated rings. The van der Waals surface area contributed by atoms with Crippen molar-refractivity contribution in [3.05, 3.63) is 12.2 Å². The summed E-state index contributed by atoms with van der Waals surface area (Å²) in [4.78, 5) is 54.3. The molecule has 12 nitrogen and oxygen atoms in total. The molecule has 0 aromatic carbocycles. The van der Waals surface area contributed by atoms with Gasteiger partial charge in [0.2, 0.25) is 5.79 Å². The van der Waals surface area contributed by atoms with E-state index in [0.29, 0.717) is 0 Å². The number of allylic oxidation sites excluding steroid dienone is 2. The van der Waals surface area contributed by atoms with Crippen LogP contribution in [-0.2, 0) is 38.1 Å². The highest BCUT2D eigenvalue weighted by atomic mass is 35.5. The lowest BCUT2D eigenvalue weighted by Gasteiger charge is -2.64. The Hall–Kier alpha value is -1.93. The summed E-state index contributed by atoms with van der Waals surface area (Å²) in [5, 5.41) is 31.0. The van der Waals surface area contributed by atoms with Gasteiger partial charge < -0.3 is 39.7 Å². The highest BCUT2D eigenvalue weighted by Gasteiger charge is 2.93. The number of hydrogen-bond acceptors (Lipinski definition) is 11. The molecule has 5 aliphatic heterocycles. The van der Waals surface area contributed by atoms with Crippen molar-refractivity contribution in [2.75, 3.05) is 13.7 Å². The van der Waals surface area contributed by atoms with Gasteiger partial charge in [-0.2, -0.15) is 0 Å². The van der Waals surface area contributed by atoms with Gasteiger partial charge in [-0.15, -0.1) is 11.6 Å². The summed E-state index contributed by atoms with van der Waals surface area (Å²) in [5.74, 6) is -7.85. The Morgan fingerprint density at radius 2 is 1.76 bits per heavy atom. The van der Waals surface area contributed by atoms with Crippen LogP contribution < -0.4 is 0 Å². The van der Waals surface area contributed by atoms with E-state index in [1.54, 1.807) is 26.8 Å². The summed E-state index contributed by atoms with van der Waals surface area (Å²) in [7, 11) is 1.00. The third kappa shape index (κ3) is 2.67. The standard InChI is InChI=1S/C28H31ClO10.CH4O.H2O/c1-22-10-17-24(3)28-18(22)19(32)27(39-28,36-11-14(22)20(33)37-17)13-9-16(31)25(29)7-4-5-15(30)23(25,2)12(13)6-8-26(28,35)21(34)38-24;1-2;/h4-5,12-14,16-18,31,35H,6-11H2,1-3H3;2H,1H3;1H2/t12-,13+,14-,16+,17+,18-,22+,23-,24-,25-,26+,27+,28-;;/m0../s1. The maximum Gasteiger partial charge on any atom is 0.342 e. The molecule has 3 aliphatic carbocycles. The second kappa shape index (κ2) is 8.41. The van der Waals surface area contributed by atoms with E-state index in [4.69, 9.17) is 35.7 Å². The lowest BCUT2D eigenvalue weighted by molar-refractivity contribution is -0.378. The number of halogens is 1. The number of carbonyl (C=O) groups is 4. The number of alkyl halides is 1. The van der Waals surface area contributed by atoms with E-state index < -0.39 is 91.9 Å². The minimum absolute atomic E-state index is 0. The fourth-order valence-corrected chi connectivity index (χ4v) is 10.9. The van der Waals surface area contributed by atoms with Gasteiger partial charge in [0, 0.05) is 13.0 Å². The smallest absolute Gasteiger partial charge is 0.342 e. The third-order valence-electron chi connectivity index (χ3n) is 12.6. The Kier molecular flexibility index (Phi) is 6.03. The number of ketones is 2. The molecule has 8 rings (SSSR count). The van der Waals surface area contributed by atoms with Crippen molar-refractivity contribution in [3.8, 4) is 0 Å². The summed E-state index contributed by atoms with van der Waals surface area (Å²) in [6, 6.07) is 0. The number of fused-ring (bicyclic) bond motifs is 5. The number of aliphatic hydroxyl groups excluding tert-OH is 2. The molecule has 5 saturated heterocycles. The molecule has 13 heteroatoms. The zero-order valence-corrected chi connectivity index (χ0v) is 24.6. The zero-order valence-electron chi connectivity index (χ0n) is 23.8. The number of aliphatic hydroxyl groups is 3. The molecular weight excluding hydrogens is 576 g/mol. The number of ether oxygens (including phenoxy) is 4. The highest BCUT2D eigenvalue weighted by molar-refractivity contribution is 6.28. The van der Waals surface area contributed by atoms with E-state index >= 15 is 0 Å². The fourth-order valence-electron chi connectivity index (χ4n) is 10.5. The van der Waals surface area contributed by atoms with Crippen LogP contribution in [-0.4, -0.2) is 97.7 Å². The Bertz CT molecular complexity index is 1340. The van der Waals surface area contributed by atoms with E-state index in [-0.39, 0.29) is 50.0 Å². The summed E-state index contributed by atoms with van der Waals surface area (Å²) in [6.07, 6.45) is 1.39. The van der Waals surface area contributed by atoms with Crippen LogP contribution in [0.1, 0.15) is 52.9 Å². The van der Waals surface area contributed by atoms with Crippen molar-refractivity contribution in [2.45, 2.75) is 92.5 Å². The highest BCUT2D eigenvalue weighted by Crippen LogP contribution is 2.75. The molecule has 0 aromatic rings. The molecule has 0 radical (unpaired) electrons. The molecule has 5 heterocycles. The first-order valence-electron chi connectivity index (χ1n) is 14.2. The number of Topliss-reactive ketones (excluding diaryl/α,β-unsaturated/α-hetero) is 1. The molecular formula is C29H37ClO12. The average molecular weight is 613 g/mol. The fraction of sp³-hybridized carbons (Fsp3) is 0.793. The van der Waals surface area contributed by atoms with E-state index in [9.17, 15) is 29.4 Å². The SMILES string of the molecule is CO.C[C@@]12C[C@H]3OC(=O)[C@@H]1CO[C@]14O[C@]5([C@H]2C1=O)[C@@](O)(CC[C@H]1[C@H]4C[C@@H](O)[C@@]2(Cl)CC=CC(=O)[C@]12C)C(=O)O[C@@]35C.O. The van der Waals surface area contributed by atoms with Gasteiger partial charge in [-0.05, 0) is 56.4 Å². The van der Waals surface area contributed by atoms with Gasteiger partial charge in [-0.1, -0.05) is 19.9 Å². The Morgan fingerprint density at radius 3 is 2.45 bits per heavy atom. The number of carbonyl (C=O) groups excluding carboxylic acids is 4. The van der Waals surface area contributed by atoms with E-state index in [1.165, 1.54) is 6.08 Å². The van der Waals surface area contributed by atoms with Crippen LogP contribution in [0.25, 0.3) is 0 Å². The second-order valence-electron chi connectivity index (χ2n) is 13.7. The molecule has 42 heavy (non-hydrogen) atoms. The van der Waals surface area contributed by atoms with Crippen molar-refractivity contribution < 1.29 is 58.9 Å². The molecule has 8 aliphatic rings. The second-order valence-corrected chi connectivity index (χ2v) is 14.4. The molecule has 13 atom stereocenters. The van der Waals surface area contributed by atoms with E-state index in [2.05, 4.69) is 0 Å². The monoisotopic (exact) mass is 612 g/mol. The van der Waals surface area contributed by atoms with Gasteiger partial charge >= 0.3 is 11.9 Å². The van der Waals surface area contributed by atoms with Crippen LogP contribution in [0.2, 0.25) is 0 Å². The van der Waals surface area contributed by atoms with Gasteiger partial charge in [0.25, 0.3) is 0 Å². The number of esters is 2. The lowest BCUT2D eigenvalue weighted by Crippen LogP contribution is -2.79. The maximum absolute atomic E-state index is 14.9. The third-order valence-corrected chi connectivity index (χ3v) is 13.4. The van der Waals surface area contributed by atoms with Crippen LogP contribution in [0.15, 0.2) is 12.2 Å². The summed E-state index contributed by atoms with van der Waals surface area (Å²) in [6.45, 7) is 4.87. The van der Waals surface area contributed by atoms with Gasteiger partial charge in [0.05, 0.1) is 34.8 Å². The quantitative estimate of drug-likeness (QED) is 0.241. The molecule has 232 valence electrons. The summed E-state index contributed by atoms with van der Waals surface area (Å²) < 4.78 is 25.0.